The topological polar surface area (TPSA) is 78.4 Å². The Balaban J connectivity index is 2.03. The molecule has 0 saturated heterocycles. The first-order valence-electron chi connectivity index (χ1n) is 5.90. The first-order chi connectivity index (χ1) is 9.17. The number of fused-ring (bicyclic) bond motifs is 1. The molecule has 2 heterocycles. The minimum atomic E-state index is -0.271. The van der Waals surface area contributed by atoms with Crippen LogP contribution in [0, 0.1) is 0 Å². The number of thiazole rings is 1. The molecule has 1 aromatic heterocycles. The number of nitrogens with one attached hydrogen (secondary N) is 3. The summed E-state index contributed by atoms with van der Waals surface area (Å²) in [5.41, 5.74) is 5.20. The van der Waals surface area contributed by atoms with Crippen LogP contribution in [0.4, 0.5) is 9.93 Å². The summed E-state index contributed by atoms with van der Waals surface area (Å²) in [5.74, 6) is 0. The van der Waals surface area contributed by atoms with Crippen LogP contribution < -0.4 is 16.1 Å². The van der Waals surface area contributed by atoms with Gasteiger partial charge in [0.2, 0.25) is 0 Å². The van der Waals surface area contributed by atoms with E-state index in [4.69, 9.17) is 0 Å². The highest BCUT2D eigenvalue weighted by Crippen LogP contribution is 2.27. The number of hydrazone groups is 1. The van der Waals surface area contributed by atoms with Crippen LogP contribution in [-0.2, 0) is 0 Å². The average Bonchev–Trinajstić information content (AvgIpc) is 2.80. The fraction of sp³-hybridized carbons (Fsp3) is 0.250. The SMILES string of the molecule is CNc1nc2ccc(C3=NNC(=O)NC3C)cc2s1. The van der Waals surface area contributed by atoms with Crippen LogP contribution in [0.3, 0.4) is 0 Å². The van der Waals surface area contributed by atoms with Gasteiger partial charge in [-0.3, -0.25) is 0 Å². The Morgan fingerprint density at radius 1 is 1.42 bits per heavy atom. The van der Waals surface area contributed by atoms with Gasteiger partial charge in [-0.2, -0.15) is 5.10 Å². The molecule has 1 aliphatic rings. The molecule has 1 atom stereocenters. The minimum absolute atomic E-state index is 0.108. The Hall–Kier alpha value is -2.15. The zero-order chi connectivity index (χ0) is 13.4. The van der Waals surface area contributed by atoms with Gasteiger partial charge >= 0.3 is 6.03 Å². The van der Waals surface area contributed by atoms with E-state index in [2.05, 4.69) is 26.1 Å². The van der Waals surface area contributed by atoms with Crippen LogP contribution in [0.2, 0.25) is 0 Å². The number of urea groups is 1. The standard InChI is InChI=1S/C12H13N5OS/c1-6-10(16-17-11(18)14-6)7-3-4-8-9(5-7)19-12(13-2)15-8/h3-6H,1-2H3,(H,13,15)(H2,14,17,18). The molecule has 7 heteroatoms. The van der Waals surface area contributed by atoms with E-state index in [1.165, 1.54) is 0 Å². The number of hydrogen-bond acceptors (Lipinski definition) is 5. The Kier molecular flexibility index (Phi) is 2.83. The van der Waals surface area contributed by atoms with Crippen molar-refractivity contribution in [1.82, 2.24) is 15.7 Å². The molecule has 0 saturated carbocycles. The molecule has 2 amide bonds. The van der Waals surface area contributed by atoms with Gasteiger partial charge in [-0.1, -0.05) is 17.4 Å². The largest absolute Gasteiger partial charge is 0.365 e. The van der Waals surface area contributed by atoms with E-state index in [1.54, 1.807) is 11.3 Å². The molecular weight excluding hydrogens is 262 g/mol. The van der Waals surface area contributed by atoms with Crippen LogP contribution in [0.5, 0.6) is 0 Å². The average molecular weight is 275 g/mol. The van der Waals surface area contributed by atoms with Gasteiger partial charge in [0.15, 0.2) is 5.13 Å². The highest BCUT2D eigenvalue weighted by Gasteiger charge is 2.20. The zero-order valence-electron chi connectivity index (χ0n) is 10.5. The molecule has 3 rings (SSSR count). The molecular formula is C12H13N5OS. The van der Waals surface area contributed by atoms with Gasteiger partial charge in [0, 0.05) is 12.6 Å². The van der Waals surface area contributed by atoms with Gasteiger partial charge < -0.3 is 10.6 Å². The lowest BCUT2D eigenvalue weighted by Crippen LogP contribution is -2.48. The Labute approximate surface area is 113 Å². The summed E-state index contributed by atoms with van der Waals surface area (Å²) in [4.78, 5) is 15.6. The molecule has 0 spiro atoms. The maximum atomic E-state index is 11.2. The maximum absolute atomic E-state index is 11.2. The molecule has 3 N–H and O–H groups in total. The lowest BCUT2D eigenvalue weighted by atomic mass is 10.0. The van der Waals surface area contributed by atoms with Crippen LogP contribution >= 0.6 is 11.3 Å². The van der Waals surface area contributed by atoms with Crippen molar-refractivity contribution in [2.75, 3.05) is 12.4 Å². The van der Waals surface area contributed by atoms with Crippen LogP contribution in [0.15, 0.2) is 23.3 Å². The van der Waals surface area contributed by atoms with E-state index in [0.717, 1.165) is 26.6 Å². The number of carbonyl (C=O) groups is 1. The van der Waals surface area contributed by atoms with E-state index in [1.807, 2.05) is 32.2 Å². The van der Waals surface area contributed by atoms with E-state index < -0.39 is 0 Å². The Morgan fingerprint density at radius 3 is 3.00 bits per heavy atom. The fourth-order valence-electron chi connectivity index (χ4n) is 2.01. The van der Waals surface area contributed by atoms with Crippen molar-refractivity contribution < 1.29 is 4.79 Å². The summed E-state index contributed by atoms with van der Waals surface area (Å²) in [6.45, 7) is 1.91. The molecule has 0 aliphatic carbocycles. The van der Waals surface area contributed by atoms with Gasteiger partial charge in [-0.25, -0.2) is 15.2 Å². The molecule has 2 aromatic rings. The second kappa shape index (κ2) is 4.51. The predicted molar refractivity (Wildman–Crippen MR) is 76.8 cm³/mol. The Morgan fingerprint density at radius 2 is 2.26 bits per heavy atom. The van der Waals surface area contributed by atoms with E-state index in [-0.39, 0.29) is 12.1 Å². The molecule has 6 nitrogen and oxygen atoms in total. The highest BCUT2D eigenvalue weighted by atomic mass is 32.1. The molecule has 0 fully saturated rings. The van der Waals surface area contributed by atoms with Crippen LogP contribution in [-0.4, -0.2) is 29.8 Å². The molecule has 1 aliphatic heterocycles. The number of amides is 2. The summed E-state index contributed by atoms with van der Waals surface area (Å²) < 4.78 is 1.09. The first-order valence-corrected chi connectivity index (χ1v) is 6.72. The summed E-state index contributed by atoms with van der Waals surface area (Å²) >= 11 is 1.59. The summed E-state index contributed by atoms with van der Waals surface area (Å²) in [6.07, 6.45) is 0. The number of hydrogen-bond donors (Lipinski definition) is 3. The van der Waals surface area contributed by atoms with Crippen molar-refractivity contribution in [3.8, 4) is 0 Å². The quantitative estimate of drug-likeness (QED) is 0.781. The maximum Gasteiger partial charge on any atom is 0.335 e. The second-order valence-corrected chi connectivity index (χ2v) is 5.29. The third-order valence-electron chi connectivity index (χ3n) is 2.93. The van der Waals surface area contributed by atoms with Crippen molar-refractivity contribution in [3.05, 3.63) is 23.8 Å². The zero-order valence-corrected chi connectivity index (χ0v) is 11.3. The number of rotatable bonds is 2. The lowest BCUT2D eigenvalue weighted by molar-refractivity contribution is 0.239. The van der Waals surface area contributed by atoms with Gasteiger partial charge in [0.1, 0.15) is 0 Å². The lowest BCUT2D eigenvalue weighted by Gasteiger charge is -2.21. The van der Waals surface area contributed by atoms with Gasteiger partial charge in [-0.15, -0.1) is 0 Å². The van der Waals surface area contributed by atoms with E-state index in [0.29, 0.717) is 0 Å². The van der Waals surface area contributed by atoms with Crippen molar-refractivity contribution in [3.63, 3.8) is 0 Å². The first kappa shape index (κ1) is 11.9. The number of anilines is 1. The highest BCUT2D eigenvalue weighted by molar-refractivity contribution is 7.22. The predicted octanol–water partition coefficient (Wildman–Crippen LogP) is 1.74. The minimum Gasteiger partial charge on any atom is -0.365 e. The van der Waals surface area contributed by atoms with Crippen molar-refractivity contribution in [2.24, 2.45) is 5.10 Å². The molecule has 0 radical (unpaired) electrons. The fourth-order valence-corrected chi connectivity index (χ4v) is 2.87. The molecule has 98 valence electrons. The van der Waals surface area contributed by atoms with Crippen LogP contribution in [0.25, 0.3) is 10.2 Å². The summed E-state index contributed by atoms with van der Waals surface area (Å²) in [6, 6.07) is 5.60. The number of benzene rings is 1. The smallest absolute Gasteiger partial charge is 0.335 e. The number of nitrogens with zero attached hydrogens (tertiary/aromatic N) is 2. The van der Waals surface area contributed by atoms with E-state index in [9.17, 15) is 4.79 Å². The van der Waals surface area contributed by atoms with Crippen LogP contribution in [0.1, 0.15) is 12.5 Å². The molecule has 1 unspecified atom stereocenters. The number of aromatic nitrogens is 1. The monoisotopic (exact) mass is 275 g/mol. The summed E-state index contributed by atoms with van der Waals surface area (Å²) in [5, 5.41) is 10.8. The van der Waals surface area contributed by atoms with Gasteiger partial charge in [0.25, 0.3) is 0 Å². The number of carbonyl (C=O) groups excluding carboxylic acids is 1. The van der Waals surface area contributed by atoms with Gasteiger partial charge in [0.05, 0.1) is 22.0 Å². The van der Waals surface area contributed by atoms with Crippen molar-refractivity contribution in [1.29, 1.82) is 0 Å². The van der Waals surface area contributed by atoms with E-state index >= 15 is 0 Å². The molecule has 1 aromatic carbocycles. The Bertz CT molecular complexity index is 678. The normalized spacial score (nSPS) is 18.7. The molecule has 0 bridgehead atoms. The summed E-state index contributed by atoms with van der Waals surface area (Å²) in [7, 11) is 1.85. The third-order valence-corrected chi connectivity index (χ3v) is 3.97. The van der Waals surface area contributed by atoms with Crippen molar-refractivity contribution >= 4 is 38.4 Å². The third kappa shape index (κ3) is 2.12. The van der Waals surface area contributed by atoms with Gasteiger partial charge in [-0.05, 0) is 19.1 Å². The molecule has 19 heavy (non-hydrogen) atoms. The van der Waals surface area contributed by atoms with Crippen molar-refractivity contribution in [2.45, 2.75) is 13.0 Å². The second-order valence-electron chi connectivity index (χ2n) is 4.26.